The van der Waals surface area contributed by atoms with Crippen LogP contribution in [0.4, 0.5) is 17.6 Å². The summed E-state index contributed by atoms with van der Waals surface area (Å²) in [6.45, 7) is 0. The Kier molecular flexibility index (Phi) is 2.50. The number of hydrogen-bond acceptors (Lipinski definition) is 2. The highest BCUT2D eigenvalue weighted by Gasteiger charge is 2.27. The molecule has 0 spiro atoms. The number of aromatic nitrogens is 1. The molecule has 6 heteroatoms. The fourth-order valence-electron chi connectivity index (χ4n) is 1.23. The van der Waals surface area contributed by atoms with Crippen molar-refractivity contribution >= 4 is 0 Å². The van der Waals surface area contributed by atoms with Crippen LogP contribution in [-0.2, 0) is 0 Å². The molecule has 0 radical (unpaired) electrons. The number of pyridine rings is 1. The molecule has 0 unspecified atom stereocenters. The van der Waals surface area contributed by atoms with E-state index < -0.39 is 29.3 Å². The van der Waals surface area contributed by atoms with Crippen LogP contribution in [-0.4, -0.2) is 11.1 Å². The summed E-state index contributed by atoms with van der Waals surface area (Å²) >= 11 is 0. The Morgan fingerprint density at radius 1 is 1.00 bits per heavy atom. The van der Waals surface area contributed by atoms with Gasteiger partial charge in [-0.05, 0) is 19.3 Å². The van der Waals surface area contributed by atoms with Gasteiger partial charge in [0.05, 0.1) is 6.10 Å². The van der Waals surface area contributed by atoms with E-state index in [0.29, 0.717) is 12.8 Å². The molecule has 15 heavy (non-hydrogen) atoms. The van der Waals surface area contributed by atoms with Gasteiger partial charge in [0.15, 0.2) is 0 Å². The van der Waals surface area contributed by atoms with Gasteiger partial charge in [0.25, 0.3) is 11.9 Å². The Hall–Kier alpha value is -1.33. The van der Waals surface area contributed by atoms with Gasteiger partial charge in [0.1, 0.15) is 0 Å². The lowest BCUT2D eigenvalue weighted by molar-refractivity contribution is 0.105. The van der Waals surface area contributed by atoms with Gasteiger partial charge >= 0.3 is 0 Å². The summed E-state index contributed by atoms with van der Waals surface area (Å²) in [6.07, 6.45) is 1.77. The van der Waals surface area contributed by atoms with Crippen LogP contribution in [0.1, 0.15) is 19.3 Å². The predicted octanol–water partition coefficient (Wildman–Crippen LogP) is 2.57. The van der Waals surface area contributed by atoms with Crippen LogP contribution in [0, 0.1) is 23.5 Å². The Balaban J connectivity index is 2.34. The first-order chi connectivity index (χ1) is 7.09. The second-order valence-electron chi connectivity index (χ2n) is 3.32. The van der Waals surface area contributed by atoms with Crippen molar-refractivity contribution in [3.8, 4) is 5.75 Å². The van der Waals surface area contributed by atoms with Crippen LogP contribution < -0.4 is 4.74 Å². The van der Waals surface area contributed by atoms with Crippen molar-refractivity contribution in [1.29, 1.82) is 0 Å². The monoisotopic (exact) mass is 221 g/mol. The van der Waals surface area contributed by atoms with E-state index in [-0.39, 0.29) is 6.10 Å². The maximum absolute atomic E-state index is 13.0. The second kappa shape index (κ2) is 3.67. The predicted molar refractivity (Wildman–Crippen MR) is 42.3 cm³/mol. The van der Waals surface area contributed by atoms with Crippen LogP contribution in [0.3, 0.4) is 0 Å². The summed E-state index contributed by atoms with van der Waals surface area (Å²) in [5, 5.41) is 0. The third-order valence-corrected chi connectivity index (χ3v) is 2.29. The third kappa shape index (κ3) is 1.75. The largest absolute Gasteiger partial charge is 0.484 e. The summed E-state index contributed by atoms with van der Waals surface area (Å²) in [6, 6.07) is 0. The minimum Gasteiger partial charge on any atom is -0.484 e. The molecule has 1 heterocycles. The van der Waals surface area contributed by atoms with E-state index in [4.69, 9.17) is 4.74 Å². The molecule has 1 aliphatic carbocycles. The van der Waals surface area contributed by atoms with Crippen LogP contribution in [0.25, 0.3) is 0 Å². The van der Waals surface area contributed by atoms with Gasteiger partial charge in [-0.3, -0.25) is 0 Å². The molecule has 0 aliphatic heterocycles. The van der Waals surface area contributed by atoms with E-state index in [1.54, 1.807) is 0 Å². The number of ether oxygens (including phenoxy) is 1. The zero-order valence-electron chi connectivity index (χ0n) is 7.57. The minimum absolute atomic E-state index is 0.366. The van der Waals surface area contributed by atoms with Crippen LogP contribution in [0.5, 0.6) is 5.75 Å². The molecule has 1 aromatic rings. The SMILES string of the molecule is Fc1nc(F)c(F)c(OC2CCC2)c1F. The summed E-state index contributed by atoms with van der Waals surface area (Å²) in [5.74, 6) is -7.56. The van der Waals surface area contributed by atoms with Crippen molar-refractivity contribution in [3.63, 3.8) is 0 Å². The quantitative estimate of drug-likeness (QED) is 0.565. The topological polar surface area (TPSA) is 22.1 Å². The molecule has 2 rings (SSSR count). The summed E-state index contributed by atoms with van der Waals surface area (Å²) in [7, 11) is 0. The number of hydrogen-bond donors (Lipinski definition) is 0. The van der Waals surface area contributed by atoms with Crippen LogP contribution in [0.2, 0.25) is 0 Å². The number of halogens is 4. The van der Waals surface area contributed by atoms with E-state index >= 15 is 0 Å². The van der Waals surface area contributed by atoms with E-state index in [1.165, 1.54) is 0 Å². The van der Waals surface area contributed by atoms with Crippen molar-refractivity contribution in [3.05, 3.63) is 23.5 Å². The highest BCUT2D eigenvalue weighted by Crippen LogP contribution is 2.30. The molecule has 1 fully saturated rings. The first-order valence-electron chi connectivity index (χ1n) is 4.46. The normalized spacial score (nSPS) is 16.3. The van der Waals surface area contributed by atoms with Gasteiger partial charge in [0, 0.05) is 0 Å². The van der Waals surface area contributed by atoms with Crippen molar-refractivity contribution in [1.82, 2.24) is 4.98 Å². The average Bonchev–Trinajstić information content (AvgIpc) is 2.12. The zero-order chi connectivity index (χ0) is 11.0. The summed E-state index contributed by atoms with van der Waals surface area (Å²) in [4.78, 5) is 2.42. The van der Waals surface area contributed by atoms with Crippen LogP contribution >= 0.6 is 0 Å². The first-order valence-corrected chi connectivity index (χ1v) is 4.46. The molecule has 0 amide bonds. The molecule has 0 saturated heterocycles. The van der Waals surface area contributed by atoms with E-state index in [1.807, 2.05) is 0 Å². The van der Waals surface area contributed by atoms with Gasteiger partial charge in [-0.15, -0.1) is 0 Å². The Bertz CT molecular complexity index is 366. The molecule has 82 valence electrons. The van der Waals surface area contributed by atoms with E-state index in [2.05, 4.69) is 4.98 Å². The Labute approximate surface area is 82.9 Å². The smallest absolute Gasteiger partial charge is 0.255 e. The summed E-state index contributed by atoms with van der Waals surface area (Å²) in [5.41, 5.74) is 0. The summed E-state index contributed by atoms with van der Waals surface area (Å²) < 4.78 is 56.0. The standard InChI is InChI=1S/C9H7F4NO/c10-5-7(15-4-2-1-3-4)6(11)9(13)14-8(5)12/h4H,1-3H2. The molecule has 0 bridgehead atoms. The Morgan fingerprint density at radius 2 is 1.53 bits per heavy atom. The van der Waals surface area contributed by atoms with Crippen molar-refractivity contribution in [2.45, 2.75) is 25.4 Å². The van der Waals surface area contributed by atoms with Gasteiger partial charge < -0.3 is 4.74 Å². The molecule has 0 N–H and O–H groups in total. The van der Waals surface area contributed by atoms with E-state index in [0.717, 1.165) is 6.42 Å². The van der Waals surface area contributed by atoms with Crippen molar-refractivity contribution in [2.24, 2.45) is 0 Å². The van der Waals surface area contributed by atoms with Gasteiger partial charge in [-0.25, -0.2) is 0 Å². The van der Waals surface area contributed by atoms with Gasteiger partial charge in [-0.1, -0.05) is 0 Å². The van der Waals surface area contributed by atoms with Gasteiger partial charge in [-0.2, -0.15) is 22.5 Å². The minimum atomic E-state index is -1.69. The lowest BCUT2D eigenvalue weighted by atomic mass is 9.96. The van der Waals surface area contributed by atoms with Gasteiger partial charge in [0.2, 0.25) is 17.4 Å². The molecule has 1 aromatic heterocycles. The third-order valence-electron chi connectivity index (χ3n) is 2.29. The van der Waals surface area contributed by atoms with E-state index in [9.17, 15) is 17.6 Å². The number of rotatable bonds is 2. The number of nitrogens with zero attached hydrogens (tertiary/aromatic N) is 1. The second-order valence-corrected chi connectivity index (χ2v) is 3.32. The van der Waals surface area contributed by atoms with Crippen molar-refractivity contribution in [2.75, 3.05) is 0 Å². The molecule has 0 atom stereocenters. The molecular weight excluding hydrogens is 214 g/mol. The van der Waals surface area contributed by atoms with Crippen LogP contribution in [0.15, 0.2) is 0 Å². The maximum Gasteiger partial charge on any atom is 0.255 e. The fraction of sp³-hybridized carbons (Fsp3) is 0.444. The highest BCUT2D eigenvalue weighted by molar-refractivity contribution is 5.24. The highest BCUT2D eigenvalue weighted by atomic mass is 19.2. The molecular formula is C9H7F4NO. The van der Waals surface area contributed by atoms with Crippen molar-refractivity contribution < 1.29 is 22.3 Å². The molecule has 0 aromatic carbocycles. The lowest BCUT2D eigenvalue weighted by Crippen LogP contribution is -2.26. The lowest BCUT2D eigenvalue weighted by Gasteiger charge is -2.26. The fourth-order valence-corrected chi connectivity index (χ4v) is 1.23. The first kappa shape index (κ1) is 10.2. The Morgan fingerprint density at radius 3 is 1.93 bits per heavy atom. The maximum atomic E-state index is 13.0. The zero-order valence-corrected chi connectivity index (χ0v) is 7.57. The molecule has 1 saturated carbocycles. The average molecular weight is 221 g/mol. The molecule has 1 aliphatic rings. The molecule has 2 nitrogen and oxygen atoms in total.